The number of aliphatic hydroxyl groups excluding tert-OH is 1. The Labute approximate surface area is 143 Å². The lowest BCUT2D eigenvalue weighted by Crippen LogP contribution is -2.15. The molecule has 2 aliphatic carbocycles. The summed E-state index contributed by atoms with van der Waals surface area (Å²) in [5, 5.41) is 19.1. The molecule has 3 rings (SSSR count). The minimum absolute atomic E-state index is 0.201. The van der Waals surface area contributed by atoms with Gasteiger partial charge in [-0.2, -0.15) is 0 Å². The van der Waals surface area contributed by atoms with E-state index in [1.807, 2.05) is 18.2 Å². The molecule has 3 heteroatoms. The topological polar surface area (TPSA) is 57.5 Å². The molecule has 1 fully saturated rings. The van der Waals surface area contributed by atoms with E-state index in [4.69, 9.17) is 5.11 Å². The molecule has 0 aliphatic heterocycles. The van der Waals surface area contributed by atoms with Crippen molar-refractivity contribution in [3.05, 3.63) is 53.6 Å². The molecule has 1 aromatic carbocycles. The van der Waals surface area contributed by atoms with Gasteiger partial charge in [-0.25, -0.2) is 0 Å². The molecule has 0 radical (unpaired) electrons. The molecule has 0 amide bonds. The maximum absolute atomic E-state index is 10.6. The smallest absolute Gasteiger partial charge is 0.303 e. The molecule has 128 valence electrons. The van der Waals surface area contributed by atoms with E-state index < -0.39 is 5.97 Å². The first kappa shape index (κ1) is 17.0. The van der Waals surface area contributed by atoms with Crippen LogP contribution in [-0.2, 0) is 4.79 Å². The van der Waals surface area contributed by atoms with Crippen LogP contribution >= 0.6 is 0 Å². The molecule has 4 atom stereocenters. The number of aliphatic hydroxyl groups is 1. The maximum Gasteiger partial charge on any atom is 0.303 e. The van der Waals surface area contributed by atoms with E-state index in [1.165, 1.54) is 11.1 Å². The minimum Gasteiger partial charge on any atom is -0.481 e. The van der Waals surface area contributed by atoms with Gasteiger partial charge >= 0.3 is 5.97 Å². The van der Waals surface area contributed by atoms with E-state index in [2.05, 4.69) is 30.4 Å². The zero-order valence-corrected chi connectivity index (χ0v) is 14.0. The Balaban J connectivity index is 1.58. The maximum atomic E-state index is 10.6. The Kier molecular flexibility index (Phi) is 5.52. The number of carboxylic acids is 1. The number of carboxylic acid groups (broad SMARTS) is 1. The van der Waals surface area contributed by atoms with E-state index >= 15 is 0 Å². The van der Waals surface area contributed by atoms with Crippen LogP contribution in [0.1, 0.15) is 44.1 Å². The second kappa shape index (κ2) is 7.80. The van der Waals surface area contributed by atoms with Crippen molar-refractivity contribution in [1.82, 2.24) is 0 Å². The van der Waals surface area contributed by atoms with E-state index in [1.54, 1.807) is 0 Å². The Morgan fingerprint density at radius 2 is 2.00 bits per heavy atom. The van der Waals surface area contributed by atoms with Crippen LogP contribution in [0.15, 0.2) is 48.1 Å². The Bertz CT molecular complexity index is 617. The predicted octanol–water partition coefficient (Wildman–Crippen LogP) is 4.29. The lowest BCUT2D eigenvalue weighted by Gasteiger charge is -2.15. The second-order valence-corrected chi connectivity index (χ2v) is 7.12. The summed E-state index contributed by atoms with van der Waals surface area (Å²) in [7, 11) is 0. The Morgan fingerprint density at radius 1 is 1.21 bits per heavy atom. The molecule has 0 bridgehead atoms. The van der Waals surface area contributed by atoms with Crippen molar-refractivity contribution in [2.75, 3.05) is 0 Å². The van der Waals surface area contributed by atoms with Gasteiger partial charge in [0.25, 0.3) is 0 Å². The molecule has 1 saturated carbocycles. The van der Waals surface area contributed by atoms with Crippen LogP contribution in [-0.4, -0.2) is 22.3 Å². The van der Waals surface area contributed by atoms with Gasteiger partial charge in [-0.1, -0.05) is 54.1 Å². The summed E-state index contributed by atoms with van der Waals surface area (Å²) < 4.78 is 0. The number of hydrogen-bond donors (Lipinski definition) is 2. The SMILES string of the molecule is O=C(O)CCCCC1=CC2C(C1)C[C@@H](O)[C@@H]2/C=C/c1ccccc1. The van der Waals surface area contributed by atoms with Gasteiger partial charge in [-0.05, 0) is 49.5 Å². The van der Waals surface area contributed by atoms with Gasteiger partial charge < -0.3 is 10.2 Å². The number of hydrogen-bond acceptors (Lipinski definition) is 2. The average Bonchev–Trinajstić information content (AvgIpc) is 3.07. The van der Waals surface area contributed by atoms with E-state index in [0.29, 0.717) is 11.8 Å². The van der Waals surface area contributed by atoms with Crippen LogP contribution in [0.2, 0.25) is 0 Å². The standard InChI is InChI=1S/C21H26O3/c22-20-14-17-12-16(8-4-5-9-21(23)24)13-19(17)18(20)11-10-15-6-2-1-3-7-15/h1-3,6-7,10-11,13,17-20,22H,4-5,8-9,12,14H2,(H,23,24)/b11-10+/t17?,18-,19?,20-/m1/s1. The minimum atomic E-state index is -0.707. The normalized spacial score (nSPS) is 29.0. The highest BCUT2D eigenvalue weighted by Crippen LogP contribution is 2.48. The van der Waals surface area contributed by atoms with Crippen LogP contribution < -0.4 is 0 Å². The van der Waals surface area contributed by atoms with Crippen molar-refractivity contribution in [2.24, 2.45) is 17.8 Å². The summed E-state index contributed by atoms with van der Waals surface area (Å²) in [5.74, 6) is 0.488. The molecule has 24 heavy (non-hydrogen) atoms. The van der Waals surface area contributed by atoms with Crippen molar-refractivity contribution < 1.29 is 15.0 Å². The lowest BCUT2D eigenvalue weighted by atomic mass is 9.91. The molecule has 2 N–H and O–H groups in total. The zero-order chi connectivity index (χ0) is 16.9. The van der Waals surface area contributed by atoms with E-state index in [-0.39, 0.29) is 18.4 Å². The fourth-order valence-electron chi connectivity index (χ4n) is 4.20. The van der Waals surface area contributed by atoms with E-state index in [0.717, 1.165) is 32.1 Å². The largest absolute Gasteiger partial charge is 0.481 e. The number of benzene rings is 1. The molecule has 0 saturated heterocycles. The summed E-state index contributed by atoms with van der Waals surface area (Å²) in [5.41, 5.74) is 2.63. The Morgan fingerprint density at radius 3 is 2.75 bits per heavy atom. The highest BCUT2D eigenvalue weighted by atomic mass is 16.4. The molecule has 0 spiro atoms. The van der Waals surface area contributed by atoms with Crippen molar-refractivity contribution >= 4 is 12.0 Å². The van der Waals surface area contributed by atoms with Crippen LogP contribution in [0, 0.1) is 17.8 Å². The highest BCUT2D eigenvalue weighted by Gasteiger charge is 2.42. The van der Waals surface area contributed by atoms with Crippen molar-refractivity contribution in [3.63, 3.8) is 0 Å². The van der Waals surface area contributed by atoms with Gasteiger partial charge in [0.15, 0.2) is 0 Å². The van der Waals surface area contributed by atoms with Gasteiger partial charge in [0.1, 0.15) is 0 Å². The summed E-state index contributed by atoms with van der Waals surface area (Å²) in [6.07, 6.45) is 11.3. The number of aliphatic carboxylic acids is 1. The molecule has 3 nitrogen and oxygen atoms in total. The molecule has 1 aromatic rings. The number of fused-ring (bicyclic) bond motifs is 1. The number of unbranched alkanes of at least 4 members (excludes halogenated alkanes) is 1. The average molecular weight is 326 g/mol. The predicted molar refractivity (Wildman–Crippen MR) is 95.4 cm³/mol. The van der Waals surface area contributed by atoms with Gasteiger partial charge in [-0.15, -0.1) is 0 Å². The summed E-state index contributed by atoms with van der Waals surface area (Å²) in [6.45, 7) is 0. The van der Waals surface area contributed by atoms with Gasteiger partial charge in [0.05, 0.1) is 6.10 Å². The second-order valence-electron chi connectivity index (χ2n) is 7.12. The fourth-order valence-corrected chi connectivity index (χ4v) is 4.20. The summed E-state index contributed by atoms with van der Waals surface area (Å²) in [4.78, 5) is 10.6. The molecule has 0 aromatic heterocycles. The third-order valence-electron chi connectivity index (χ3n) is 5.38. The first-order valence-electron chi connectivity index (χ1n) is 8.96. The number of carbonyl (C=O) groups is 1. The van der Waals surface area contributed by atoms with Crippen LogP contribution in [0.25, 0.3) is 6.08 Å². The van der Waals surface area contributed by atoms with Gasteiger partial charge in [-0.3, -0.25) is 4.79 Å². The highest BCUT2D eigenvalue weighted by molar-refractivity contribution is 5.66. The van der Waals surface area contributed by atoms with Crippen LogP contribution in [0.5, 0.6) is 0 Å². The van der Waals surface area contributed by atoms with Crippen LogP contribution in [0.4, 0.5) is 0 Å². The number of allylic oxidation sites excluding steroid dienone is 2. The first-order valence-corrected chi connectivity index (χ1v) is 8.96. The lowest BCUT2D eigenvalue weighted by molar-refractivity contribution is -0.137. The summed E-state index contributed by atoms with van der Waals surface area (Å²) >= 11 is 0. The third-order valence-corrected chi connectivity index (χ3v) is 5.38. The van der Waals surface area contributed by atoms with Crippen LogP contribution in [0.3, 0.4) is 0 Å². The molecular weight excluding hydrogens is 300 g/mol. The van der Waals surface area contributed by atoms with Crippen molar-refractivity contribution in [2.45, 2.75) is 44.6 Å². The third kappa shape index (κ3) is 4.15. The quantitative estimate of drug-likeness (QED) is 0.580. The monoisotopic (exact) mass is 326 g/mol. The first-order chi connectivity index (χ1) is 11.6. The number of rotatable bonds is 7. The van der Waals surface area contributed by atoms with E-state index in [9.17, 15) is 9.90 Å². The van der Waals surface area contributed by atoms with Crippen molar-refractivity contribution in [3.8, 4) is 0 Å². The molecular formula is C21H26O3. The molecule has 0 heterocycles. The molecule has 2 aliphatic rings. The van der Waals surface area contributed by atoms with Gasteiger partial charge in [0.2, 0.25) is 0 Å². The Hall–Kier alpha value is -1.87. The molecule has 2 unspecified atom stereocenters. The summed E-state index contributed by atoms with van der Waals surface area (Å²) in [6, 6.07) is 10.2. The van der Waals surface area contributed by atoms with Gasteiger partial charge in [0, 0.05) is 12.3 Å². The zero-order valence-electron chi connectivity index (χ0n) is 14.0. The fraction of sp³-hybridized carbons (Fsp3) is 0.476. The van der Waals surface area contributed by atoms with Crippen molar-refractivity contribution in [1.29, 1.82) is 0 Å².